The number of nitrogens with zero attached hydrogens (tertiary/aromatic N) is 4. The van der Waals surface area contributed by atoms with Crippen LogP contribution in [0.5, 0.6) is 0 Å². The molecule has 2 aromatic heterocycles. The van der Waals surface area contributed by atoms with Gasteiger partial charge in [0, 0.05) is 19.3 Å². The van der Waals surface area contributed by atoms with Crippen molar-refractivity contribution < 1.29 is 13.9 Å². The minimum Gasteiger partial charge on any atom is -0.419 e. The maximum Gasteiger partial charge on any atom is 0.257 e. The summed E-state index contributed by atoms with van der Waals surface area (Å²) >= 11 is 1.52. The van der Waals surface area contributed by atoms with Gasteiger partial charge >= 0.3 is 0 Å². The zero-order chi connectivity index (χ0) is 20.6. The molecule has 29 heavy (non-hydrogen) atoms. The summed E-state index contributed by atoms with van der Waals surface area (Å²) in [4.78, 5) is 15.6. The number of thiophene rings is 1. The van der Waals surface area contributed by atoms with Crippen LogP contribution in [-0.2, 0) is 16.1 Å². The molecule has 3 rings (SSSR count). The zero-order valence-corrected chi connectivity index (χ0v) is 17.0. The molecule has 1 aromatic carbocycles. The van der Waals surface area contributed by atoms with Crippen LogP contribution in [0.4, 0.5) is 5.69 Å². The van der Waals surface area contributed by atoms with Crippen LogP contribution >= 0.6 is 11.3 Å². The van der Waals surface area contributed by atoms with Crippen LogP contribution in [0.15, 0.2) is 46.2 Å². The summed E-state index contributed by atoms with van der Waals surface area (Å²) in [6.45, 7) is 3.08. The van der Waals surface area contributed by atoms with Crippen LogP contribution in [0.1, 0.15) is 18.4 Å². The largest absolute Gasteiger partial charge is 0.419 e. The van der Waals surface area contributed by atoms with Gasteiger partial charge in [-0.25, -0.2) is 0 Å². The molecule has 9 heteroatoms. The number of benzene rings is 1. The fraction of sp³-hybridized carbons (Fsp3) is 0.300. The highest BCUT2D eigenvalue weighted by atomic mass is 32.1. The molecule has 8 nitrogen and oxygen atoms in total. The highest BCUT2D eigenvalue weighted by Crippen LogP contribution is 2.23. The molecule has 150 valence electrons. The number of nitriles is 1. The van der Waals surface area contributed by atoms with E-state index in [9.17, 15) is 4.79 Å². The summed E-state index contributed by atoms with van der Waals surface area (Å²) < 4.78 is 10.9. The fourth-order valence-electron chi connectivity index (χ4n) is 2.69. The van der Waals surface area contributed by atoms with Gasteiger partial charge in [0.2, 0.25) is 11.8 Å². The third kappa shape index (κ3) is 5.48. The molecule has 0 saturated heterocycles. The second kappa shape index (κ2) is 9.93. The number of hydrogen-bond donors (Lipinski definition) is 1. The molecule has 0 unspecified atom stereocenters. The van der Waals surface area contributed by atoms with Crippen molar-refractivity contribution in [3.05, 3.63) is 53.2 Å². The van der Waals surface area contributed by atoms with E-state index < -0.39 is 6.04 Å². The lowest BCUT2D eigenvalue weighted by atomic mass is 10.2. The van der Waals surface area contributed by atoms with Crippen molar-refractivity contribution in [3.63, 3.8) is 0 Å². The molecule has 0 bridgehead atoms. The molecule has 0 aliphatic carbocycles. The maximum atomic E-state index is 12.8. The number of nitrogens with one attached hydrogen (secondary N) is 1. The van der Waals surface area contributed by atoms with E-state index in [2.05, 4.69) is 21.6 Å². The van der Waals surface area contributed by atoms with Gasteiger partial charge in [-0.3, -0.25) is 9.69 Å². The quantitative estimate of drug-likeness (QED) is 0.577. The van der Waals surface area contributed by atoms with Gasteiger partial charge < -0.3 is 14.5 Å². The van der Waals surface area contributed by atoms with Crippen molar-refractivity contribution in [1.29, 1.82) is 5.26 Å². The van der Waals surface area contributed by atoms with E-state index in [1.165, 1.54) is 11.3 Å². The summed E-state index contributed by atoms with van der Waals surface area (Å²) in [6.07, 6.45) is 0. The second-order valence-electron chi connectivity index (χ2n) is 6.30. The normalized spacial score (nSPS) is 11.9. The predicted molar refractivity (Wildman–Crippen MR) is 109 cm³/mol. The van der Waals surface area contributed by atoms with Crippen LogP contribution < -0.4 is 5.32 Å². The van der Waals surface area contributed by atoms with E-state index in [-0.39, 0.29) is 5.91 Å². The van der Waals surface area contributed by atoms with E-state index in [1.54, 1.807) is 38.3 Å². The number of amides is 1. The van der Waals surface area contributed by atoms with Crippen LogP contribution in [0, 0.1) is 11.3 Å². The summed E-state index contributed by atoms with van der Waals surface area (Å²) in [7, 11) is 1.61. The Morgan fingerprint density at radius 1 is 1.38 bits per heavy atom. The molecule has 1 N–H and O–H groups in total. The van der Waals surface area contributed by atoms with Crippen molar-refractivity contribution >= 4 is 22.9 Å². The van der Waals surface area contributed by atoms with Crippen LogP contribution in [0.2, 0.25) is 0 Å². The molecule has 0 saturated carbocycles. The third-order valence-corrected chi connectivity index (χ3v) is 5.16. The molecule has 0 aliphatic heterocycles. The van der Waals surface area contributed by atoms with Crippen molar-refractivity contribution in [2.75, 3.05) is 25.6 Å². The molecular weight excluding hydrogens is 390 g/mol. The highest BCUT2D eigenvalue weighted by Gasteiger charge is 2.24. The average Bonchev–Trinajstić information content (AvgIpc) is 3.42. The topological polar surface area (TPSA) is 104 Å². The standard InChI is InChI=1S/C20H21N5O3S/c1-14(19(26)22-16-6-3-5-15(11-16)12-21)25(8-9-27-2)13-18-23-24-20(28-18)17-7-4-10-29-17/h3-7,10-11,14H,8-9,13H2,1-2H3,(H,22,26)/t14-/m1/s1. The Bertz CT molecular complexity index is 980. The Balaban J connectivity index is 1.69. The van der Waals surface area contributed by atoms with Crippen molar-refractivity contribution in [2.24, 2.45) is 0 Å². The minimum absolute atomic E-state index is 0.200. The summed E-state index contributed by atoms with van der Waals surface area (Å²) in [6, 6.07) is 12.2. The number of carbonyl (C=O) groups is 1. The molecule has 0 radical (unpaired) electrons. The highest BCUT2D eigenvalue weighted by molar-refractivity contribution is 7.13. The minimum atomic E-state index is -0.479. The molecular formula is C20H21N5O3S. The smallest absolute Gasteiger partial charge is 0.257 e. The third-order valence-electron chi connectivity index (χ3n) is 4.31. The number of ether oxygens (including phenoxy) is 1. The summed E-state index contributed by atoms with van der Waals surface area (Å²) in [5, 5.41) is 22.0. The first kappa shape index (κ1) is 20.7. The molecule has 0 aliphatic rings. The van der Waals surface area contributed by atoms with E-state index in [0.717, 1.165) is 4.88 Å². The molecule has 0 spiro atoms. The van der Waals surface area contributed by atoms with Gasteiger partial charge in [0.05, 0.1) is 35.7 Å². The molecule has 2 heterocycles. The molecule has 0 fully saturated rings. The van der Waals surface area contributed by atoms with Crippen LogP contribution in [0.3, 0.4) is 0 Å². The molecule has 3 aromatic rings. The van der Waals surface area contributed by atoms with Gasteiger partial charge in [0.1, 0.15) is 0 Å². The second-order valence-corrected chi connectivity index (χ2v) is 7.25. The number of methoxy groups -OCH3 is 1. The number of hydrogen-bond acceptors (Lipinski definition) is 8. The van der Waals surface area contributed by atoms with Crippen LogP contribution in [0.25, 0.3) is 10.8 Å². The number of anilines is 1. The van der Waals surface area contributed by atoms with Gasteiger partial charge in [-0.05, 0) is 36.6 Å². The fourth-order valence-corrected chi connectivity index (χ4v) is 3.33. The van der Waals surface area contributed by atoms with Gasteiger partial charge in [-0.2, -0.15) is 5.26 Å². The van der Waals surface area contributed by atoms with Gasteiger partial charge in [-0.1, -0.05) is 12.1 Å². The van der Waals surface area contributed by atoms with Crippen LogP contribution in [-0.4, -0.2) is 47.3 Å². The monoisotopic (exact) mass is 411 g/mol. The Morgan fingerprint density at radius 3 is 2.97 bits per heavy atom. The molecule has 1 atom stereocenters. The lowest BCUT2D eigenvalue weighted by Crippen LogP contribution is -2.43. The number of carbonyl (C=O) groups excluding carboxylic acids is 1. The Labute approximate surface area is 172 Å². The first-order valence-corrected chi connectivity index (χ1v) is 9.89. The zero-order valence-electron chi connectivity index (χ0n) is 16.2. The number of rotatable bonds is 9. The van der Waals surface area contributed by atoms with E-state index in [1.807, 2.05) is 22.4 Å². The first-order valence-electron chi connectivity index (χ1n) is 9.01. The average molecular weight is 411 g/mol. The molecule has 1 amide bonds. The Morgan fingerprint density at radius 2 is 2.24 bits per heavy atom. The number of aromatic nitrogens is 2. The van der Waals surface area contributed by atoms with Crippen molar-refractivity contribution in [3.8, 4) is 16.8 Å². The summed E-state index contributed by atoms with van der Waals surface area (Å²) in [5.74, 6) is 0.692. The van der Waals surface area contributed by atoms with Crippen molar-refractivity contribution in [2.45, 2.75) is 19.5 Å². The van der Waals surface area contributed by atoms with E-state index >= 15 is 0 Å². The van der Waals surface area contributed by atoms with E-state index in [4.69, 9.17) is 14.4 Å². The lowest BCUT2D eigenvalue weighted by molar-refractivity contribution is -0.121. The Kier molecular flexibility index (Phi) is 7.08. The van der Waals surface area contributed by atoms with Gasteiger partial charge in [0.25, 0.3) is 5.89 Å². The van der Waals surface area contributed by atoms with E-state index in [0.29, 0.717) is 42.7 Å². The summed E-state index contributed by atoms with van der Waals surface area (Å²) in [5.41, 5.74) is 1.06. The first-order chi connectivity index (χ1) is 14.1. The Hall–Kier alpha value is -3.06. The maximum absolute atomic E-state index is 12.8. The SMILES string of the molecule is COCCN(Cc1nnc(-c2cccs2)o1)[C@H](C)C(=O)Nc1cccc(C#N)c1. The van der Waals surface area contributed by atoms with Crippen molar-refractivity contribution in [1.82, 2.24) is 15.1 Å². The lowest BCUT2D eigenvalue weighted by Gasteiger charge is -2.26. The van der Waals surface area contributed by atoms with Gasteiger partial charge in [-0.15, -0.1) is 21.5 Å². The predicted octanol–water partition coefficient (Wildman–Crippen LogP) is 3.15. The van der Waals surface area contributed by atoms with Gasteiger partial charge in [0.15, 0.2) is 0 Å².